The highest BCUT2D eigenvalue weighted by Gasteiger charge is 2.17. The van der Waals surface area contributed by atoms with E-state index in [0.717, 1.165) is 36.7 Å². The zero-order valence-electron chi connectivity index (χ0n) is 11.8. The highest BCUT2D eigenvalue weighted by atomic mass is 15.1. The first kappa shape index (κ1) is 12.9. The van der Waals surface area contributed by atoms with Crippen molar-refractivity contribution in [3.8, 4) is 0 Å². The minimum Gasteiger partial charge on any atom is -0.357 e. The standard InChI is InChI=1S/C15H19N5/c1-10-5-3-4-6-12(10)18-14-11-9-17-8-7-13(11)19-15(16-2)20-14/h3-6,17H,7-9H2,1-2H3,(H2,16,18,19,20). The van der Waals surface area contributed by atoms with Crippen molar-refractivity contribution in [1.29, 1.82) is 0 Å². The normalized spacial score (nSPS) is 13.7. The van der Waals surface area contributed by atoms with Crippen molar-refractivity contribution < 1.29 is 0 Å². The zero-order valence-corrected chi connectivity index (χ0v) is 11.8. The summed E-state index contributed by atoms with van der Waals surface area (Å²) in [5.74, 6) is 1.56. The van der Waals surface area contributed by atoms with Crippen molar-refractivity contribution in [2.45, 2.75) is 19.9 Å². The van der Waals surface area contributed by atoms with Gasteiger partial charge in [0.1, 0.15) is 5.82 Å². The fourth-order valence-electron chi connectivity index (χ4n) is 2.40. The lowest BCUT2D eigenvalue weighted by atomic mass is 10.1. The number of para-hydroxylation sites is 1. The number of rotatable bonds is 3. The Kier molecular flexibility index (Phi) is 3.52. The van der Waals surface area contributed by atoms with Crippen LogP contribution in [0.2, 0.25) is 0 Å². The van der Waals surface area contributed by atoms with Crippen LogP contribution in [0, 0.1) is 6.92 Å². The van der Waals surface area contributed by atoms with E-state index in [-0.39, 0.29) is 0 Å². The average Bonchev–Trinajstić information content (AvgIpc) is 2.49. The largest absolute Gasteiger partial charge is 0.357 e. The maximum Gasteiger partial charge on any atom is 0.224 e. The number of nitrogens with one attached hydrogen (secondary N) is 3. The van der Waals surface area contributed by atoms with E-state index in [1.165, 1.54) is 11.1 Å². The van der Waals surface area contributed by atoms with Gasteiger partial charge in [0, 0.05) is 37.8 Å². The van der Waals surface area contributed by atoms with Gasteiger partial charge in [0.05, 0.1) is 5.69 Å². The molecule has 0 spiro atoms. The number of hydrogen-bond acceptors (Lipinski definition) is 5. The smallest absolute Gasteiger partial charge is 0.224 e. The van der Waals surface area contributed by atoms with Crippen LogP contribution in [0.5, 0.6) is 0 Å². The number of benzene rings is 1. The average molecular weight is 269 g/mol. The molecule has 3 rings (SSSR count). The minimum absolute atomic E-state index is 0.668. The van der Waals surface area contributed by atoms with Gasteiger partial charge in [0.15, 0.2) is 0 Å². The molecule has 104 valence electrons. The van der Waals surface area contributed by atoms with Crippen LogP contribution in [0.3, 0.4) is 0 Å². The molecule has 0 fully saturated rings. The molecule has 0 amide bonds. The van der Waals surface area contributed by atoms with Gasteiger partial charge in [-0.05, 0) is 18.6 Å². The Balaban J connectivity index is 2.02. The van der Waals surface area contributed by atoms with Crippen molar-refractivity contribution in [3.05, 3.63) is 41.1 Å². The molecular weight excluding hydrogens is 250 g/mol. The van der Waals surface area contributed by atoms with Crippen LogP contribution in [-0.2, 0) is 13.0 Å². The first-order chi connectivity index (χ1) is 9.78. The van der Waals surface area contributed by atoms with E-state index in [0.29, 0.717) is 5.95 Å². The van der Waals surface area contributed by atoms with Crippen LogP contribution in [0.25, 0.3) is 0 Å². The van der Waals surface area contributed by atoms with Crippen molar-refractivity contribution >= 4 is 17.5 Å². The quantitative estimate of drug-likeness (QED) is 0.797. The van der Waals surface area contributed by atoms with Gasteiger partial charge in [-0.3, -0.25) is 0 Å². The number of aryl methyl sites for hydroxylation is 1. The summed E-state index contributed by atoms with van der Waals surface area (Å²) >= 11 is 0. The van der Waals surface area contributed by atoms with E-state index in [1.807, 2.05) is 19.2 Å². The summed E-state index contributed by atoms with van der Waals surface area (Å²) in [6.45, 7) is 3.87. The summed E-state index contributed by atoms with van der Waals surface area (Å²) in [5.41, 5.74) is 4.58. The zero-order chi connectivity index (χ0) is 13.9. The van der Waals surface area contributed by atoms with E-state index in [1.54, 1.807) is 0 Å². The van der Waals surface area contributed by atoms with Crippen molar-refractivity contribution in [2.75, 3.05) is 24.2 Å². The lowest BCUT2D eigenvalue weighted by Crippen LogP contribution is -2.26. The Morgan fingerprint density at radius 1 is 1.20 bits per heavy atom. The molecule has 1 aromatic carbocycles. The van der Waals surface area contributed by atoms with Crippen LogP contribution in [0.15, 0.2) is 24.3 Å². The Morgan fingerprint density at radius 3 is 2.85 bits per heavy atom. The summed E-state index contributed by atoms with van der Waals surface area (Å²) in [6.07, 6.45) is 0.939. The summed E-state index contributed by atoms with van der Waals surface area (Å²) in [4.78, 5) is 9.12. The monoisotopic (exact) mass is 269 g/mol. The maximum atomic E-state index is 4.57. The van der Waals surface area contributed by atoms with Gasteiger partial charge < -0.3 is 16.0 Å². The van der Waals surface area contributed by atoms with Crippen LogP contribution in [0.4, 0.5) is 17.5 Å². The predicted molar refractivity (Wildman–Crippen MR) is 81.5 cm³/mol. The maximum absolute atomic E-state index is 4.57. The van der Waals surface area contributed by atoms with Gasteiger partial charge in [-0.15, -0.1) is 0 Å². The lowest BCUT2D eigenvalue weighted by Gasteiger charge is -2.21. The molecule has 0 unspecified atom stereocenters. The van der Waals surface area contributed by atoms with Crippen LogP contribution in [-0.4, -0.2) is 23.6 Å². The highest BCUT2D eigenvalue weighted by Crippen LogP contribution is 2.26. The molecule has 5 nitrogen and oxygen atoms in total. The van der Waals surface area contributed by atoms with Gasteiger partial charge in [-0.25, -0.2) is 4.98 Å². The second kappa shape index (κ2) is 5.46. The first-order valence-electron chi connectivity index (χ1n) is 6.89. The van der Waals surface area contributed by atoms with Crippen molar-refractivity contribution in [3.63, 3.8) is 0 Å². The number of fused-ring (bicyclic) bond motifs is 1. The second-order valence-electron chi connectivity index (χ2n) is 4.94. The number of hydrogen-bond donors (Lipinski definition) is 3. The molecule has 0 saturated heterocycles. The minimum atomic E-state index is 0.668. The second-order valence-corrected chi connectivity index (χ2v) is 4.94. The molecule has 0 aliphatic carbocycles. The molecule has 1 aliphatic rings. The summed E-state index contributed by atoms with van der Waals surface area (Å²) in [6, 6.07) is 8.23. The summed E-state index contributed by atoms with van der Waals surface area (Å²) in [7, 11) is 1.85. The topological polar surface area (TPSA) is 61.9 Å². The Labute approximate surface area is 118 Å². The van der Waals surface area contributed by atoms with Gasteiger partial charge in [0.25, 0.3) is 0 Å². The molecule has 0 radical (unpaired) electrons. The van der Waals surface area contributed by atoms with Crippen LogP contribution >= 0.6 is 0 Å². The lowest BCUT2D eigenvalue weighted by molar-refractivity contribution is 0.628. The summed E-state index contributed by atoms with van der Waals surface area (Å²) < 4.78 is 0. The Bertz CT molecular complexity index is 624. The molecule has 1 aliphatic heterocycles. The molecule has 20 heavy (non-hydrogen) atoms. The Hall–Kier alpha value is -2.14. The van der Waals surface area contributed by atoms with Crippen LogP contribution in [0.1, 0.15) is 16.8 Å². The van der Waals surface area contributed by atoms with E-state index in [2.05, 4.69) is 45.0 Å². The van der Waals surface area contributed by atoms with Gasteiger partial charge in [-0.2, -0.15) is 4.98 Å². The van der Waals surface area contributed by atoms with Crippen LogP contribution < -0.4 is 16.0 Å². The van der Waals surface area contributed by atoms with E-state index in [9.17, 15) is 0 Å². The van der Waals surface area contributed by atoms with Crippen molar-refractivity contribution in [2.24, 2.45) is 0 Å². The molecule has 3 N–H and O–H groups in total. The third kappa shape index (κ3) is 2.44. The molecule has 2 aromatic rings. The number of aromatic nitrogens is 2. The fourth-order valence-corrected chi connectivity index (χ4v) is 2.40. The molecule has 5 heteroatoms. The molecule has 1 aromatic heterocycles. The predicted octanol–water partition coefficient (Wildman–Crippen LogP) is 2.22. The molecule has 2 heterocycles. The van der Waals surface area contributed by atoms with E-state index >= 15 is 0 Å². The number of nitrogens with zero attached hydrogens (tertiary/aromatic N) is 2. The SMILES string of the molecule is CNc1nc2c(c(Nc3ccccc3C)n1)CNCC2. The van der Waals surface area contributed by atoms with Gasteiger partial charge in [-0.1, -0.05) is 18.2 Å². The molecule has 0 saturated carbocycles. The first-order valence-corrected chi connectivity index (χ1v) is 6.89. The number of anilines is 3. The summed E-state index contributed by atoms with van der Waals surface area (Å²) in [5, 5.41) is 9.86. The third-order valence-corrected chi connectivity index (χ3v) is 3.55. The Morgan fingerprint density at radius 2 is 2.05 bits per heavy atom. The molecule has 0 bridgehead atoms. The van der Waals surface area contributed by atoms with Crippen molar-refractivity contribution in [1.82, 2.24) is 15.3 Å². The van der Waals surface area contributed by atoms with Gasteiger partial charge >= 0.3 is 0 Å². The molecular formula is C15H19N5. The highest BCUT2D eigenvalue weighted by molar-refractivity contribution is 5.64. The van der Waals surface area contributed by atoms with E-state index < -0.39 is 0 Å². The van der Waals surface area contributed by atoms with Gasteiger partial charge in [0.2, 0.25) is 5.95 Å². The third-order valence-electron chi connectivity index (χ3n) is 3.55. The molecule has 0 atom stereocenters. The fraction of sp³-hybridized carbons (Fsp3) is 0.333. The van der Waals surface area contributed by atoms with E-state index in [4.69, 9.17) is 0 Å².